The number of rotatable bonds is 9. The highest BCUT2D eigenvalue weighted by atomic mass is 16.5. The van der Waals surface area contributed by atoms with Crippen LogP contribution in [0.25, 0.3) is 11.0 Å². The molecule has 1 N–H and O–H groups in total. The Hall–Kier alpha value is -1.99. The molecule has 0 aliphatic heterocycles. The van der Waals surface area contributed by atoms with E-state index in [0.717, 1.165) is 24.9 Å². The number of aromatic carboxylic acids is 1. The molecule has 0 saturated heterocycles. The molecule has 0 spiro atoms. The van der Waals surface area contributed by atoms with E-state index in [0.29, 0.717) is 25.3 Å². The Balaban J connectivity index is 1.84. The summed E-state index contributed by atoms with van der Waals surface area (Å²) in [5.41, 5.74) is 1.67. The van der Waals surface area contributed by atoms with Crippen LogP contribution in [0.2, 0.25) is 0 Å². The number of nitrogens with zero attached hydrogens (tertiary/aromatic N) is 3. The molecule has 1 aromatic carbocycles. The third-order valence-electron chi connectivity index (χ3n) is 3.10. The van der Waals surface area contributed by atoms with Gasteiger partial charge in [-0.2, -0.15) is 0 Å². The summed E-state index contributed by atoms with van der Waals surface area (Å²) in [5.74, 6) is -0.959. The Labute approximate surface area is 122 Å². The van der Waals surface area contributed by atoms with Gasteiger partial charge in [0.2, 0.25) is 0 Å². The molecule has 2 rings (SSSR count). The quantitative estimate of drug-likeness (QED) is 0.706. The Kier molecular flexibility index (Phi) is 5.65. The van der Waals surface area contributed by atoms with Crippen molar-refractivity contribution in [1.82, 2.24) is 15.0 Å². The van der Waals surface area contributed by atoms with E-state index in [9.17, 15) is 4.79 Å². The monoisotopic (exact) mass is 293 g/mol. The molecule has 0 fully saturated rings. The Morgan fingerprint density at radius 1 is 1.29 bits per heavy atom. The molecule has 1 aromatic heterocycles. The van der Waals surface area contributed by atoms with Gasteiger partial charge in [-0.15, -0.1) is 5.10 Å². The number of benzene rings is 1. The topological polar surface area (TPSA) is 86.5 Å². The summed E-state index contributed by atoms with van der Waals surface area (Å²) < 4.78 is 12.1. The lowest BCUT2D eigenvalue weighted by Gasteiger charge is -2.04. The molecule has 0 saturated carbocycles. The molecule has 0 amide bonds. The zero-order valence-corrected chi connectivity index (χ0v) is 12.0. The van der Waals surface area contributed by atoms with Crippen LogP contribution < -0.4 is 0 Å². The first-order valence-electron chi connectivity index (χ1n) is 6.85. The molecular formula is C14H19N3O4. The maximum atomic E-state index is 10.9. The number of hydrogen-bond donors (Lipinski definition) is 1. The molecule has 7 heteroatoms. The van der Waals surface area contributed by atoms with Crippen LogP contribution in [0.4, 0.5) is 0 Å². The van der Waals surface area contributed by atoms with E-state index in [1.165, 1.54) is 6.07 Å². The van der Waals surface area contributed by atoms with Crippen LogP contribution in [0.5, 0.6) is 0 Å². The number of methoxy groups -OCH3 is 1. The maximum absolute atomic E-state index is 10.9. The van der Waals surface area contributed by atoms with Crippen molar-refractivity contribution in [2.75, 3.05) is 26.9 Å². The van der Waals surface area contributed by atoms with Crippen molar-refractivity contribution >= 4 is 17.0 Å². The highest BCUT2D eigenvalue weighted by Crippen LogP contribution is 2.14. The minimum absolute atomic E-state index is 0.223. The predicted octanol–water partition coefficient (Wildman–Crippen LogP) is 1.57. The summed E-state index contributed by atoms with van der Waals surface area (Å²) in [5, 5.41) is 17.0. The van der Waals surface area contributed by atoms with Gasteiger partial charge in [-0.05, 0) is 31.0 Å². The molecule has 1 heterocycles. The summed E-state index contributed by atoms with van der Waals surface area (Å²) >= 11 is 0. The molecular weight excluding hydrogens is 274 g/mol. The van der Waals surface area contributed by atoms with Crippen LogP contribution in [0.1, 0.15) is 23.2 Å². The smallest absolute Gasteiger partial charge is 0.335 e. The fourth-order valence-electron chi connectivity index (χ4n) is 1.98. The summed E-state index contributed by atoms with van der Waals surface area (Å²) in [4.78, 5) is 10.9. The van der Waals surface area contributed by atoms with E-state index < -0.39 is 5.97 Å². The molecule has 2 aromatic rings. The van der Waals surface area contributed by atoms with Gasteiger partial charge in [0.1, 0.15) is 5.52 Å². The summed E-state index contributed by atoms with van der Waals surface area (Å²) in [6, 6.07) is 4.85. The van der Waals surface area contributed by atoms with E-state index in [-0.39, 0.29) is 5.56 Å². The minimum atomic E-state index is -0.959. The van der Waals surface area contributed by atoms with Gasteiger partial charge < -0.3 is 14.6 Å². The van der Waals surface area contributed by atoms with Crippen molar-refractivity contribution in [2.45, 2.75) is 19.4 Å². The van der Waals surface area contributed by atoms with Crippen molar-refractivity contribution in [3.05, 3.63) is 23.8 Å². The normalized spacial score (nSPS) is 11.1. The maximum Gasteiger partial charge on any atom is 0.335 e. The van der Waals surface area contributed by atoms with Gasteiger partial charge in [-0.25, -0.2) is 9.48 Å². The first-order valence-corrected chi connectivity index (χ1v) is 6.85. The number of aromatic nitrogens is 3. The molecule has 114 valence electrons. The number of unbranched alkanes of at least 4 members (excludes halogenated alkanes) is 1. The predicted molar refractivity (Wildman–Crippen MR) is 76.4 cm³/mol. The number of carboxylic acid groups (broad SMARTS) is 1. The van der Waals surface area contributed by atoms with Crippen molar-refractivity contribution in [3.63, 3.8) is 0 Å². The van der Waals surface area contributed by atoms with Gasteiger partial charge in [-0.3, -0.25) is 0 Å². The Bertz CT molecular complexity index is 597. The molecule has 0 bridgehead atoms. The van der Waals surface area contributed by atoms with E-state index in [4.69, 9.17) is 14.6 Å². The molecule has 0 aliphatic rings. The van der Waals surface area contributed by atoms with E-state index in [1.54, 1.807) is 23.9 Å². The van der Waals surface area contributed by atoms with Crippen molar-refractivity contribution in [1.29, 1.82) is 0 Å². The van der Waals surface area contributed by atoms with Crippen LogP contribution in [0.3, 0.4) is 0 Å². The SMILES string of the molecule is COCCOCCCCn1nnc2cc(C(=O)O)ccc21. The minimum Gasteiger partial charge on any atom is -0.478 e. The van der Waals surface area contributed by atoms with E-state index in [2.05, 4.69) is 10.3 Å². The number of carboxylic acids is 1. The molecule has 0 aliphatic carbocycles. The zero-order chi connectivity index (χ0) is 15.1. The lowest BCUT2D eigenvalue weighted by atomic mass is 10.2. The third kappa shape index (κ3) is 4.24. The number of ether oxygens (including phenoxy) is 2. The number of hydrogen-bond acceptors (Lipinski definition) is 5. The van der Waals surface area contributed by atoms with Crippen molar-refractivity contribution in [2.24, 2.45) is 0 Å². The summed E-state index contributed by atoms with van der Waals surface area (Å²) in [6.07, 6.45) is 1.85. The first-order chi connectivity index (χ1) is 10.2. The molecule has 0 atom stereocenters. The van der Waals surface area contributed by atoms with Gasteiger partial charge in [0.05, 0.1) is 24.3 Å². The molecule has 0 unspecified atom stereocenters. The van der Waals surface area contributed by atoms with Gasteiger partial charge >= 0.3 is 5.97 Å². The second-order valence-electron chi connectivity index (χ2n) is 4.63. The standard InChI is InChI=1S/C14H19N3O4/c1-20-8-9-21-7-3-2-6-17-13-5-4-11(14(18)19)10-12(13)15-16-17/h4-5,10H,2-3,6-9H2,1H3,(H,18,19). The average molecular weight is 293 g/mol. The van der Waals surface area contributed by atoms with Crippen LogP contribution >= 0.6 is 0 Å². The largest absolute Gasteiger partial charge is 0.478 e. The van der Waals surface area contributed by atoms with Gasteiger partial charge in [0.25, 0.3) is 0 Å². The Morgan fingerprint density at radius 2 is 2.14 bits per heavy atom. The van der Waals surface area contributed by atoms with Crippen LogP contribution in [-0.4, -0.2) is 53.0 Å². The van der Waals surface area contributed by atoms with Crippen LogP contribution in [-0.2, 0) is 16.0 Å². The highest BCUT2D eigenvalue weighted by molar-refractivity contribution is 5.92. The highest BCUT2D eigenvalue weighted by Gasteiger charge is 2.08. The van der Waals surface area contributed by atoms with Gasteiger partial charge in [0.15, 0.2) is 0 Å². The Morgan fingerprint density at radius 3 is 2.90 bits per heavy atom. The van der Waals surface area contributed by atoms with Crippen LogP contribution in [0, 0.1) is 0 Å². The third-order valence-corrected chi connectivity index (χ3v) is 3.10. The van der Waals surface area contributed by atoms with Gasteiger partial charge in [0, 0.05) is 20.3 Å². The van der Waals surface area contributed by atoms with Crippen molar-refractivity contribution in [3.8, 4) is 0 Å². The van der Waals surface area contributed by atoms with E-state index in [1.807, 2.05) is 0 Å². The molecule has 21 heavy (non-hydrogen) atoms. The second-order valence-corrected chi connectivity index (χ2v) is 4.63. The fraction of sp³-hybridized carbons (Fsp3) is 0.500. The van der Waals surface area contributed by atoms with E-state index >= 15 is 0 Å². The fourth-order valence-corrected chi connectivity index (χ4v) is 1.98. The number of aryl methyl sites for hydroxylation is 1. The number of carbonyl (C=O) groups is 1. The molecule has 0 radical (unpaired) electrons. The van der Waals surface area contributed by atoms with Crippen molar-refractivity contribution < 1.29 is 19.4 Å². The number of fused-ring (bicyclic) bond motifs is 1. The lowest BCUT2D eigenvalue weighted by molar-refractivity contribution is 0.0683. The average Bonchev–Trinajstić information content (AvgIpc) is 2.88. The summed E-state index contributed by atoms with van der Waals surface area (Å²) in [6.45, 7) is 2.65. The lowest BCUT2D eigenvalue weighted by Crippen LogP contribution is -2.05. The first kappa shape index (κ1) is 15.4. The zero-order valence-electron chi connectivity index (χ0n) is 12.0. The van der Waals surface area contributed by atoms with Gasteiger partial charge in [-0.1, -0.05) is 5.21 Å². The molecule has 7 nitrogen and oxygen atoms in total. The summed E-state index contributed by atoms with van der Waals surface area (Å²) in [7, 11) is 1.65. The second kappa shape index (κ2) is 7.70. The van der Waals surface area contributed by atoms with Crippen LogP contribution in [0.15, 0.2) is 18.2 Å².